The molecule has 0 aliphatic carbocycles. The van der Waals surface area contributed by atoms with Gasteiger partial charge in [0.25, 0.3) is 0 Å². The number of nitrogens with zero attached hydrogens (tertiary/aromatic N) is 3. The molecule has 76 valence electrons. The van der Waals surface area contributed by atoms with Crippen LogP contribution in [0.4, 0.5) is 5.69 Å². The van der Waals surface area contributed by atoms with Gasteiger partial charge in [-0.05, 0) is 18.2 Å². The second kappa shape index (κ2) is 5.24. The minimum absolute atomic E-state index is 0.435. The number of rotatable bonds is 3. The van der Waals surface area contributed by atoms with Gasteiger partial charge in [-0.25, -0.2) is 0 Å². The van der Waals surface area contributed by atoms with Gasteiger partial charge in [0, 0.05) is 18.6 Å². The molecule has 1 aromatic carbocycles. The second-order valence-electron chi connectivity index (χ2n) is 3.10. The van der Waals surface area contributed by atoms with Gasteiger partial charge in [0.15, 0.2) is 0 Å². The van der Waals surface area contributed by atoms with Crippen molar-refractivity contribution in [1.29, 1.82) is 10.5 Å². The van der Waals surface area contributed by atoms with Crippen molar-refractivity contribution in [2.75, 3.05) is 18.5 Å². The molecule has 0 N–H and O–H groups in total. The van der Waals surface area contributed by atoms with E-state index in [2.05, 4.69) is 12.1 Å². The molecule has 0 saturated carbocycles. The summed E-state index contributed by atoms with van der Waals surface area (Å²) in [5.74, 6) is 0. The highest BCUT2D eigenvalue weighted by Gasteiger charge is 2.07. The fourth-order valence-corrected chi connectivity index (χ4v) is 1.44. The van der Waals surface area contributed by atoms with Crippen molar-refractivity contribution in [2.24, 2.45) is 0 Å². The third-order valence-electron chi connectivity index (χ3n) is 2.05. The van der Waals surface area contributed by atoms with E-state index in [4.69, 9.17) is 22.1 Å². The van der Waals surface area contributed by atoms with Crippen LogP contribution >= 0.6 is 11.6 Å². The number of nitriles is 2. The summed E-state index contributed by atoms with van der Waals surface area (Å²) in [4.78, 5) is 1.87. The van der Waals surface area contributed by atoms with Crippen molar-refractivity contribution in [3.8, 4) is 12.1 Å². The molecule has 0 aliphatic rings. The van der Waals surface area contributed by atoms with Crippen LogP contribution in [0.25, 0.3) is 0 Å². The topological polar surface area (TPSA) is 50.8 Å². The Labute approximate surface area is 94.1 Å². The van der Waals surface area contributed by atoms with Crippen molar-refractivity contribution in [3.05, 3.63) is 28.8 Å². The number of benzene rings is 1. The Morgan fingerprint density at radius 1 is 1.40 bits per heavy atom. The highest BCUT2D eigenvalue weighted by Crippen LogP contribution is 2.22. The molecule has 0 bridgehead atoms. The van der Waals surface area contributed by atoms with Crippen LogP contribution in [-0.2, 0) is 0 Å². The lowest BCUT2D eigenvalue weighted by Gasteiger charge is -2.18. The van der Waals surface area contributed by atoms with Crippen LogP contribution in [0, 0.1) is 22.7 Å². The van der Waals surface area contributed by atoms with E-state index < -0.39 is 0 Å². The van der Waals surface area contributed by atoms with E-state index in [0.717, 1.165) is 5.69 Å². The first-order valence-electron chi connectivity index (χ1n) is 4.46. The van der Waals surface area contributed by atoms with Gasteiger partial charge < -0.3 is 4.90 Å². The van der Waals surface area contributed by atoms with Gasteiger partial charge in [-0.15, -0.1) is 0 Å². The standard InChI is InChI=1S/C11H10ClN3/c1-15(6-2-5-13)11-4-3-10(12)7-9(11)8-14/h3-4,7H,2,6H2,1H3. The van der Waals surface area contributed by atoms with Crippen molar-refractivity contribution < 1.29 is 0 Å². The average Bonchev–Trinajstić information content (AvgIpc) is 2.25. The van der Waals surface area contributed by atoms with Crippen molar-refractivity contribution >= 4 is 17.3 Å². The molecule has 0 radical (unpaired) electrons. The first-order chi connectivity index (χ1) is 7.19. The molecule has 1 aromatic rings. The van der Waals surface area contributed by atoms with Gasteiger partial charge in [0.1, 0.15) is 6.07 Å². The maximum absolute atomic E-state index is 8.92. The summed E-state index contributed by atoms with van der Waals surface area (Å²) >= 11 is 5.78. The Hall–Kier alpha value is -1.71. The minimum atomic E-state index is 0.435. The molecule has 0 unspecified atom stereocenters. The SMILES string of the molecule is CN(CCC#N)c1ccc(Cl)cc1C#N. The molecule has 1 rings (SSSR count). The largest absolute Gasteiger partial charge is 0.372 e. The van der Waals surface area contributed by atoms with Gasteiger partial charge in [-0.2, -0.15) is 10.5 Å². The van der Waals surface area contributed by atoms with E-state index in [1.807, 2.05) is 11.9 Å². The first-order valence-corrected chi connectivity index (χ1v) is 4.84. The van der Waals surface area contributed by atoms with Gasteiger partial charge in [-0.3, -0.25) is 0 Å². The Morgan fingerprint density at radius 3 is 2.73 bits per heavy atom. The highest BCUT2D eigenvalue weighted by molar-refractivity contribution is 6.30. The smallest absolute Gasteiger partial charge is 0.101 e. The maximum Gasteiger partial charge on any atom is 0.101 e. The lowest BCUT2D eigenvalue weighted by molar-refractivity contribution is 0.903. The van der Waals surface area contributed by atoms with Gasteiger partial charge in [0.05, 0.1) is 23.7 Å². The Balaban J connectivity index is 2.95. The fraction of sp³-hybridized carbons (Fsp3) is 0.273. The maximum atomic E-state index is 8.92. The van der Waals surface area contributed by atoms with Crippen molar-refractivity contribution in [2.45, 2.75) is 6.42 Å². The van der Waals surface area contributed by atoms with E-state index in [9.17, 15) is 0 Å². The molecule has 0 heterocycles. The Morgan fingerprint density at radius 2 is 2.13 bits per heavy atom. The fourth-order valence-electron chi connectivity index (χ4n) is 1.27. The van der Waals surface area contributed by atoms with E-state index >= 15 is 0 Å². The molecular weight excluding hydrogens is 210 g/mol. The van der Waals surface area contributed by atoms with Gasteiger partial charge >= 0.3 is 0 Å². The lowest BCUT2D eigenvalue weighted by Crippen LogP contribution is -2.19. The van der Waals surface area contributed by atoms with Crippen LogP contribution in [0.3, 0.4) is 0 Å². The van der Waals surface area contributed by atoms with Crippen LogP contribution in [0.1, 0.15) is 12.0 Å². The molecule has 0 aliphatic heterocycles. The lowest BCUT2D eigenvalue weighted by atomic mass is 10.2. The zero-order valence-electron chi connectivity index (χ0n) is 8.37. The van der Waals surface area contributed by atoms with Crippen LogP contribution in [0.2, 0.25) is 5.02 Å². The molecule has 15 heavy (non-hydrogen) atoms. The Kier molecular flexibility index (Phi) is 3.97. The number of anilines is 1. The summed E-state index contributed by atoms with van der Waals surface area (Å²) in [6, 6.07) is 9.30. The van der Waals surface area contributed by atoms with E-state index in [1.54, 1.807) is 18.2 Å². The molecule has 0 atom stereocenters. The van der Waals surface area contributed by atoms with Crippen LogP contribution in [0.15, 0.2) is 18.2 Å². The summed E-state index contributed by atoms with van der Waals surface area (Å²) in [5, 5.41) is 17.9. The van der Waals surface area contributed by atoms with Gasteiger partial charge in [-0.1, -0.05) is 11.6 Å². The zero-order chi connectivity index (χ0) is 11.3. The van der Waals surface area contributed by atoms with E-state index in [1.165, 1.54) is 0 Å². The van der Waals surface area contributed by atoms with Crippen molar-refractivity contribution in [3.63, 3.8) is 0 Å². The molecule has 0 saturated heterocycles. The number of hydrogen-bond acceptors (Lipinski definition) is 3. The van der Waals surface area contributed by atoms with Gasteiger partial charge in [0.2, 0.25) is 0 Å². The predicted octanol–water partition coefficient (Wildman–Crippen LogP) is 2.56. The second-order valence-corrected chi connectivity index (χ2v) is 3.54. The minimum Gasteiger partial charge on any atom is -0.372 e. The van der Waals surface area contributed by atoms with E-state index in [0.29, 0.717) is 23.6 Å². The summed E-state index contributed by atoms with van der Waals surface area (Å²) in [6.45, 7) is 0.604. The average molecular weight is 220 g/mol. The quantitative estimate of drug-likeness (QED) is 0.785. The molecule has 3 nitrogen and oxygen atoms in total. The summed E-state index contributed by atoms with van der Waals surface area (Å²) in [6.07, 6.45) is 0.435. The molecule has 0 amide bonds. The molecular formula is C11H10ClN3. The van der Waals surface area contributed by atoms with Crippen LogP contribution in [0.5, 0.6) is 0 Å². The third-order valence-corrected chi connectivity index (χ3v) is 2.28. The summed E-state index contributed by atoms with van der Waals surface area (Å²) < 4.78 is 0. The third kappa shape index (κ3) is 2.87. The number of hydrogen-bond donors (Lipinski definition) is 0. The van der Waals surface area contributed by atoms with E-state index in [-0.39, 0.29) is 0 Å². The molecule has 0 aromatic heterocycles. The normalized spacial score (nSPS) is 9.07. The molecule has 0 fully saturated rings. The predicted molar refractivity (Wildman–Crippen MR) is 59.7 cm³/mol. The summed E-state index contributed by atoms with van der Waals surface area (Å²) in [5.41, 5.74) is 1.33. The highest BCUT2D eigenvalue weighted by atomic mass is 35.5. The molecule has 4 heteroatoms. The summed E-state index contributed by atoms with van der Waals surface area (Å²) in [7, 11) is 1.85. The first kappa shape index (κ1) is 11.4. The van der Waals surface area contributed by atoms with Crippen LogP contribution in [-0.4, -0.2) is 13.6 Å². The number of halogens is 1. The monoisotopic (exact) mass is 219 g/mol. The van der Waals surface area contributed by atoms with Crippen molar-refractivity contribution in [1.82, 2.24) is 0 Å². The molecule has 0 spiro atoms. The van der Waals surface area contributed by atoms with Crippen LogP contribution < -0.4 is 4.90 Å². The Bertz CT molecular complexity index is 428. The zero-order valence-corrected chi connectivity index (χ0v) is 9.12.